The van der Waals surface area contributed by atoms with Crippen molar-refractivity contribution in [2.45, 2.75) is 19.8 Å². The molecule has 1 atom stereocenters. The Hall–Kier alpha value is -2.50. The zero-order chi connectivity index (χ0) is 16.2. The molecule has 0 saturated carbocycles. The fourth-order valence-electron chi connectivity index (χ4n) is 2.78. The van der Waals surface area contributed by atoms with Gasteiger partial charge in [0.2, 0.25) is 0 Å². The van der Waals surface area contributed by atoms with Crippen molar-refractivity contribution in [3.63, 3.8) is 0 Å². The molecule has 0 radical (unpaired) electrons. The molecule has 2 heterocycles. The lowest BCUT2D eigenvalue weighted by atomic mass is 10.00. The van der Waals surface area contributed by atoms with E-state index in [0.29, 0.717) is 23.1 Å². The predicted molar refractivity (Wildman–Crippen MR) is 86.0 cm³/mol. The fourth-order valence-corrected chi connectivity index (χ4v) is 2.78. The van der Waals surface area contributed by atoms with E-state index in [9.17, 15) is 9.18 Å². The van der Waals surface area contributed by atoms with Crippen LogP contribution in [0.5, 0.6) is 0 Å². The fraction of sp³-hybridized carbons (Fsp3) is 0.353. The number of hydrogen-bond acceptors (Lipinski definition) is 4. The van der Waals surface area contributed by atoms with Gasteiger partial charge in [0.1, 0.15) is 23.7 Å². The Morgan fingerprint density at radius 2 is 2.17 bits per heavy atom. The van der Waals surface area contributed by atoms with Gasteiger partial charge in [-0.15, -0.1) is 0 Å². The second-order valence-electron chi connectivity index (χ2n) is 5.89. The van der Waals surface area contributed by atoms with Crippen LogP contribution < -0.4 is 5.32 Å². The molecule has 1 unspecified atom stereocenters. The van der Waals surface area contributed by atoms with Gasteiger partial charge >= 0.3 is 0 Å². The van der Waals surface area contributed by atoms with Gasteiger partial charge in [0.25, 0.3) is 5.91 Å². The SMILES string of the molecule is CC1CCCN(C(=O)c2cc(Nc3ccccc3F)ncn2)C1. The molecule has 120 valence electrons. The number of aromatic nitrogens is 2. The molecule has 3 rings (SSSR count). The Labute approximate surface area is 134 Å². The van der Waals surface area contributed by atoms with Crippen molar-refractivity contribution in [1.82, 2.24) is 14.9 Å². The molecule has 2 aromatic rings. The third-order valence-corrected chi connectivity index (χ3v) is 3.97. The van der Waals surface area contributed by atoms with Gasteiger partial charge in [0.05, 0.1) is 5.69 Å². The summed E-state index contributed by atoms with van der Waals surface area (Å²) in [5, 5.41) is 2.88. The smallest absolute Gasteiger partial charge is 0.272 e. The van der Waals surface area contributed by atoms with Crippen LogP contribution in [0, 0.1) is 11.7 Å². The largest absolute Gasteiger partial charge is 0.338 e. The highest BCUT2D eigenvalue weighted by Crippen LogP contribution is 2.20. The van der Waals surface area contributed by atoms with Crippen LogP contribution in [-0.2, 0) is 0 Å². The van der Waals surface area contributed by atoms with Crippen LogP contribution in [0.3, 0.4) is 0 Å². The number of anilines is 2. The van der Waals surface area contributed by atoms with E-state index < -0.39 is 0 Å². The van der Waals surface area contributed by atoms with Gasteiger partial charge in [-0.05, 0) is 30.9 Å². The lowest BCUT2D eigenvalue weighted by Crippen LogP contribution is -2.39. The number of piperidine rings is 1. The van der Waals surface area contributed by atoms with E-state index in [1.165, 1.54) is 12.4 Å². The molecule has 1 amide bonds. The topological polar surface area (TPSA) is 58.1 Å². The Balaban J connectivity index is 1.77. The van der Waals surface area contributed by atoms with Gasteiger partial charge in [-0.3, -0.25) is 4.79 Å². The molecule has 1 fully saturated rings. The Morgan fingerprint density at radius 1 is 1.35 bits per heavy atom. The van der Waals surface area contributed by atoms with Gasteiger partial charge in [-0.1, -0.05) is 19.1 Å². The van der Waals surface area contributed by atoms with Crippen LogP contribution in [0.15, 0.2) is 36.7 Å². The Morgan fingerprint density at radius 3 is 2.96 bits per heavy atom. The van der Waals surface area contributed by atoms with E-state index in [-0.39, 0.29) is 11.7 Å². The number of amides is 1. The van der Waals surface area contributed by atoms with Crippen LogP contribution in [-0.4, -0.2) is 33.9 Å². The molecule has 5 nitrogen and oxygen atoms in total. The quantitative estimate of drug-likeness (QED) is 0.945. The number of nitrogens with one attached hydrogen (secondary N) is 1. The normalized spacial score (nSPS) is 17.8. The second-order valence-corrected chi connectivity index (χ2v) is 5.89. The Bertz CT molecular complexity index is 706. The summed E-state index contributed by atoms with van der Waals surface area (Å²) in [7, 11) is 0. The number of carbonyl (C=O) groups is 1. The van der Waals surface area contributed by atoms with Crippen LogP contribution in [0.4, 0.5) is 15.9 Å². The van der Waals surface area contributed by atoms with Gasteiger partial charge < -0.3 is 10.2 Å². The van der Waals surface area contributed by atoms with Crippen molar-refractivity contribution in [3.8, 4) is 0 Å². The molecule has 0 spiro atoms. The van der Waals surface area contributed by atoms with Gasteiger partial charge in [0.15, 0.2) is 0 Å². The van der Waals surface area contributed by atoms with E-state index in [0.717, 1.165) is 25.9 Å². The second kappa shape index (κ2) is 6.73. The van der Waals surface area contributed by atoms with Crippen molar-refractivity contribution < 1.29 is 9.18 Å². The maximum Gasteiger partial charge on any atom is 0.272 e. The molecule has 1 aliphatic rings. The van der Waals surface area contributed by atoms with Crippen LogP contribution in [0.25, 0.3) is 0 Å². The summed E-state index contributed by atoms with van der Waals surface area (Å²) in [4.78, 5) is 22.5. The Kier molecular flexibility index (Phi) is 4.50. The summed E-state index contributed by atoms with van der Waals surface area (Å²) in [6.45, 7) is 3.65. The van der Waals surface area contributed by atoms with Crippen molar-refractivity contribution in [2.75, 3.05) is 18.4 Å². The number of carbonyl (C=O) groups excluding carboxylic acids is 1. The van der Waals surface area contributed by atoms with Crippen LogP contribution >= 0.6 is 0 Å². The highest BCUT2D eigenvalue weighted by atomic mass is 19.1. The third kappa shape index (κ3) is 3.64. The molecule has 0 bridgehead atoms. The molecular formula is C17H19FN4O. The van der Waals surface area contributed by atoms with Crippen molar-refractivity contribution in [1.29, 1.82) is 0 Å². The first-order chi connectivity index (χ1) is 11.1. The minimum absolute atomic E-state index is 0.101. The molecule has 6 heteroatoms. The highest BCUT2D eigenvalue weighted by Gasteiger charge is 2.23. The number of hydrogen-bond donors (Lipinski definition) is 1. The summed E-state index contributed by atoms with van der Waals surface area (Å²) < 4.78 is 13.7. The average molecular weight is 314 g/mol. The maximum absolute atomic E-state index is 13.7. The molecule has 1 aromatic heterocycles. The first kappa shape index (κ1) is 15.4. The highest BCUT2D eigenvalue weighted by molar-refractivity contribution is 5.93. The average Bonchev–Trinajstić information content (AvgIpc) is 2.56. The van der Waals surface area contributed by atoms with Crippen molar-refractivity contribution in [3.05, 3.63) is 48.2 Å². The zero-order valence-electron chi connectivity index (χ0n) is 13.0. The lowest BCUT2D eigenvalue weighted by molar-refractivity contribution is 0.0677. The van der Waals surface area contributed by atoms with Crippen molar-refractivity contribution >= 4 is 17.4 Å². The predicted octanol–water partition coefficient (Wildman–Crippen LogP) is 3.23. The molecule has 1 aromatic carbocycles. The maximum atomic E-state index is 13.7. The number of nitrogens with zero attached hydrogens (tertiary/aromatic N) is 3. The van der Waals surface area contributed by atoms with Crippen LogP contribution in [0.2, 0.25) is 0 Å². The summed E-state index contributed by atoms with van der Waals surface area (Å²) in [6, 6.07) is 7.89. The summed E-state index contributed by atoms with van der Waals surface area (Å²) >= 11 is 0. The zero-order valence-corrected chi connectivity index (χ0v) is 13.0. The standard InChI is InChI=1S/C17H19FN4O/c1-12-5-4-8-22(10-12)17(23)15-9-16(20-11-19-15)21-14-7-3-2-6-13(14)18/h2-3,6-7,9,11-12H,4-5,8,10H2,1H3,(H,19,20,21). The van der Waals surface area contributed by atoms with E-state index >= 15 is 0 Å². The number of likely N-dealkylation sites (tertiary alicyclic amines) is 1. The summed E-state index contributed by atoms with van der Waals surface area (Å²) in [6.07, 6.45) is 3.48. The number of para-hydroxylation sites is 1. The molecular weight excluding hydrogens is 295 g/mol. The molecule has 1 saturated heterocycles. The lowest BCUT2D eigenvalue weighted by Gasteiger charge is -2.30. The van der Waals surface area contributed by atoms with Gasteiger partial charge in [-0.2, -0.15) is 0 Å². The summed E-state index contributed by atoms with van der Waals surface area (Å²) in [5.74, 6) is 0.434. The number of benzene rings is 1. The van der Waals surface area contributed by atoms with Gasteiger partial charge in [-0.25, -0.2) is 14.4 Å². The minimum Gasteiger partial charge on any atom is -0.338 e. The first-order valence-electron chi connectivity index (χ1n) is 7.76. The third-order valence-electron chi connectivity index (χ3n) is 3.97. The summed E-state index contributed by atoms with van der Waals surface area (Å²) in [5.41, 5.74) is 0.643. The van der Waals surface area contributed by atoms with E-state index in [1.54, 1.807) is 24.3 Å². The van der Waals surface area contributed by atoms with E-state index in [1.807, 2.05) is 4.90 Å². The van der Waals surface area contributed by atoms with Gasteiger partial charge in [0, 0.05) is 19.2 Å². The van der Waals surface area contributed by atoms with Crippen molar-refractivity contribution in [2.24, 2.45) is 5.92 Å². The van der Waals surface area contributed by atoms with Crippen LogP contribution in [0.1, 0.15) is 30.3 Å². The van der Waals surface area contributed by atoms with E-state index in [2.05, 4.69) is 22.2 Å². The monoisotopic (exact) mass is 314 g/mol. The van der Waals surface area contributed by atoms with E-state index in [4.69, 9.17) is 0 Å². The molecule has 0 aliphatic carbocycles. The molecule has 1 N–H and O–H groups in total. The molecule has 1 aliphatic heterocycles. The number of rotatable bonds is 3. The minimum atomic E-state index is -0.371. The molecule has 23 heavy (non-hydrogen) atoms. The number of halogens is 1. The first-order valence-corrected chi connectivity index (χ1v) is 7.76.